The summed E-state index contributed by atoms with van der Waals surface area (Å²) < 4.78 is 13.3. The lowest BCUT2D eigenvalue weighted by atomic mass is 10.1. The number of hydrogen-bond donors (Lipinski definition) is 1. The van der Waals surface area contributed by atoms with Gasteiger partial charge in [-0.25, -0.2) is 4.39 Å². The number of nitrogens with zero attached hydrogens (tertiary/aromatic N) is 1. The minimum absolute atomic E-state index is 0.0303. The Balaban J connectivity index is 2.35. The largest absolute Gasteiger partial charge is 0.480 e. The first-order valence-electron chi connectivity index (χ1n) is 6.47. The minimum atomic E-state index is -0.932. The van der Waals surface area contributed by atoms with Crippen LogP contribution in [0.15, 0.2) is 48.5 Å². The molecular weight excluding hydrogens is 293 g/mol. The summed E-state index contributed by atoms with van der Waals surface area (Å²) in [5, 5.41) is 9.14. The molecule has 110 valence electrons. The zero-order chi connectivity index (χ0) is 15.4. The quantitative estimate of drug-likeness (QED) is 0.903. The Kier molecular flexibility index (Phi) is 4.81. The maximum absolute atomic E-state index is 13.3. The fourth-order valence-corrected chi connectivity index (χ4v) is 2.36. The van der Waals surface area contributed by atoms with Crippen LogP contribution >= 0.6 is 11.6 Å². The van der Waals surface area contributed by atoms with Gasteiger partial charge in [0, 0.05) is 5.69 Å². The molecule has 2 aromatic rings. The highest BCUT2D eigenvalue weighted by atomic mass is 35.5. The summed E-state index contributed by atoms with van der Waals surface area (Å²) >= 11 is 5.80. The van der Waals surface area contributed by atoms with Crippen molar-refractivity contribution in [2.75, 3.05) is 11.4 Å². The lowest BCUT2D eigenvalue weighted by Gasteiger charge is -2.30. The highest BCUT2D eigenvalue weighted by Crippen LogP contribution is 2.28. The molecule has 0 aromatic heterocycles. The highest BCUT2D eigenvalue weighted by Gasteiger charge is 2.19. The fourth-order valence-electron chi connectivity index (χ4n) is 2.17. The van der Waals surface area contributed by atoms with Gasteiger partial charge in [0.1, 0.15) is 12.4 Å². The van der Waals surface area contributed by atoms with Crippen molar-refractivity contribution in [3.63, 3.8) is 0 Å². The summed E-state index contributed by atoms with van der Waals surface area (Å²) in [4.78, 5) is 12.8. The predicted octanol–water partition coefficient (Wildman–Crippen LogP) is 4.13. The van der Waals surface area contributed by atoms with Crippen molar-refractivity contribution >= 4 is 23.3 Å². The van der Waals surface area contributed by atoms with E-state index in [1.54, 1.807) is 11.0 Å². The molecule has 3 nitrogen and oxygen atoms in total. The van der Waals surface area contributed by atoms with Crippen LogP contribution in [0.25, 0.3) is 0 Å². The maximum atomic E-state index is 13.3. The van der Waals surface area contributed by atoms with Crippen LogP contribution < -0.4 is 4.90 Å². The molecule has 0 aliphatic heterocycles. The van der Waals surface area contributed by atoms with Crippen molar-refractivity contribution in [2.45, 2.75) is 13.0 Å². The van der Waals surface area contributed by atoms with E-state index in [-0.39, 0.29) is 17.6 Å². The lowest BCUT2D eigenvalue weighted by molar-refractivity contribution is -0.135. The molecule has 0 saturated carbocycles. The third kappa shape index (κ3) is 3.73. The molecule has 0 aliphatic carbocycles. The second kappa shape index (κ2) is 6.59. The van der Waals surface area contributed by atoms with Gasteiger partial charge in [-0.2, -0.15) is 0 Å². The third-order valence-electron chi connectivity index (χ3n) is 3.29. The van der Waals surface area contributed by atoms with Crippen molar-refractivity contribution in [1.29, 1.82) is 0 Å². The Bertz CT molecular complexity index is 633. The van der Waals surface area contributed by atoms with E-state index in [1.165, 1.54) is 12.1 Å². The predicted molar refractivity (Wildman–Crippen MR) is 81.2 cm³/mol. The van der Waals surface area contributed by atoms with E-state index in [2.05, 4.69) is 0 Å². The minimum Gasteiger partial charge on any atom is -0.480 e. The van der Waals surface area contributed by atoms with Gasteiger partial charge in [0.2, 0.25) is 0 Å². The standard InChI is InChI=1S/C16H15ClFNO2/c1-11(12-7-8-15(18)14(17)9-12)19(10-16(20)21)13-5-3-2-4-6-13/h2-9,11H,10H2,1H3,(H,20,21). The first kappa shape index (κ1) is 15.3. The zero-order valence-electron chi connectivity index (χ0n) is 11.5. The summed E-state index contributed by atoms with van der Waals surface area (Å²) in [5.74, 6) is -1.42. The van der Waals surface area contributed by atoms with Gasteiger partial charge in [-0.05, 0) is 36.8 Å². The number of aliphatic carboxylic acids is 1. The average Bonchev–Trinajstić information content (AvgIpc) is 2.47. The normalized spacial score (nSPS) is 12.0. The number of anilines is 1. The molecule has 2 aromatic carbocycles. The summed E-state index contributed by atoms with van der Waals surface area (Å²) in [5.41, 5.74) is 1.54. The molecule has 0 spiro atoms. The van der Waals surface area contributed by atoms with Crippen LogP contribution in [0.3, 0.4) is 0 Å². The smallest absolute Gasteiger partial charge is 0.323 e. The summed E-state index contributed by atoms with van der Waals surface area (Å²) in [6.45, 7) is 1.71. The molecular formula is C16H15ClFNO2. The van der Waals surface area contributed by atoms with Gasteiger partial charge in [0.05, 0.1) is 11.1 Å². The van der Waals surface area contributed by atoms with Crippen LogP contribution in [-0.4, -0.2) is 17.6 Å². The Morgan fingerprint density at radius 1 is 1.29 bits per heavy atom. The SMILES string of the molecule is CC(c1ccc(F)c(Cl)c1)N(CC(=O)O)c1ccccc1. The molecule has 21 heavy (non-hydrogen) atoms. The van der Waals surface area contributed by atoms with Crippen LogP contribution in [0.5, 0.6) is 0 Å². The highest BCUT2D eigenvalue weighted by molar-refractivity contribution is 6.30. The first-order valence-corrected chi connectivity index (χ1v) is 6.85. The molecule has 1 N–H and O–H groups in total. The zero-order valence-corrected chi connectivity index (χ0v) is 12.2. The molecule has 0 saturated heterocycles. The Hall–Kier alpha value is -2.07. The van der Waals surface area contributed by atoms with Gasteiger partial charge in [-0.3, -0.25) is 4.79 Å². The van der Waals surface area contributed by atoms with Crippen molar-refractivity contribution in [2.24, 2.45) is 0 Å². The molecule has 0 amide bonds. The van der Waals surface area contributed by atoms with E-state index in [0.29, 0.717) is 0 Å². The maximum Gasteiger partial charge on any atom is 0.323 e. The molecule has 2 rings (SSSR count). The van der Waals surface area contributed by atoms with Gasteiger partial charge in [-0.15, -0.1) is 0 Å². The summed E-state index contributed by atoms with van der Waals surface area (Å²) in [7, 11) is 0. The molecule has 1 unspecified atom stereocenters. The second-order valence-corrected chi connectivity index (χ2v) is 5.11. The van der Waals surface area contributed by atoms with E-state index >= 15 is 0 Å². The van der Waals surface area contributed by atoms with Gasteiger partial charge < -0.3 is 10.0 Å². The van der Waals surface area contributed by atoms with Crippen molar-refractivity contribution in [1.82, 2.24) is 0 Å². The average molecular weight is 308 g/mol. The van der Waals surface area contributed by atoms with Gasteiger partial charge in [0.15, 0.2) is 0 Å². The number of carbonyl (C=O) groups is 1. The third-order valence-corrected chi connectivity index (χ3v) is 3.58. The van der Waals surface area contributed by atoms with Gasteiger partial charge in [0.25, 0.3) is 0 Å². The molecule has 5 heteroatoms. The van der Waals surface area contributed by atoms with Gasteiger partial charge in [-0.1, -0.05) is 35.9 Å². The van der Waals surface area contributed by atoms with E-state index in [9.17, 15) is 9.18 Å². The Morgan fingerprint density at radius 3 is 2.52 bits per heavy atom. The molecule has 0 fully saturated rings. The van der Waals surface area contributed by atoms with Crippen LogP contribution in [0.2, 0.25) is 5.02 Å². The van der Waals surface area contributed by atoms with Gasteiger partial charge >= 0.3 is 5.97 Å². The monoisotopic (exact) mass is 307 g/mol. The summed E-state index contributed by atoms with van der Waals surface area (Å²) in [6.07, 6.45) is 0. The van der Waals surface area contributed by atoms with E-state index < -0.39 is 11.8 Å². The number of hydrogen-bond acceptors (Lipinski definition) is 2. The molecule has 0 bridgehead atoms. The Labute approximate surface area is 127 Å². The number of carboxylic acids is 1. The van der Waals surface area contributed by atoms with E-state index in [4.69, 9.17) is 16.7 Å². The van der Waals surface area contributed by atoms with Crippen molar-refractivity contribution in [3.05, 3.63) is 64.9 Å². The molecule has 0 aliphatic rings. The second-order valence-electron chi connectivity index (χ2n) is 4.71. The van der Waals surface area contributed by atoms with Crippen LogP contribution in [-0.2, 0) is 4.79 Å². The lowest BCUT2D eigenvalue weighted by Crippen LogP contribution is -2.32. The number of para-hydroxylation sites is 1. The number of halogens is 2. The number of carboxylic acid groups (broad SMARTS) is 1. The molecule has 1 atom stereocenters. The molecule has 0 radical (unpaired) electrons. The van der Waals surface area contributed by atoms with Crippen molar-refractivity contribution in [3.8, 4) is 0 Å². The Morgan fingerprint density at radius 2 is 1.95 bits per heavy atom. The first-order chi connectivity index (χ1) is 9.99. The van der Waals surface area contributed by atoms with Crippen LogP contribution in [0.4, 0.5) is 10.1 Å². The number of rotatable bonds is 5. The van der Waals surface area contributed by atoms with Crippen LogP contribution in [0.1, 0.15) is 18.5 Å². The number of benzene rings is 2. The summed E-state index contributed by atoms with van der Waals surface area (Å²) in [6, 6.07) is 13.4. The fraction of sp³-hybridized carbons (Fsp3) is 0.188. The van der Waals surface area contributed by atoms with E-state index in [1.807, 2.05) is 37.3 Å². The van der Waals surface area contributed by atoms with E-state index in [0.717, 1.165) is 11.3 Å². The molecule has 0 heterocycles. The van der Waals surface area contributed by atoms with Crippen LogP contribution in [0, 0.1) is 5.82 Å². The topological polar surface area (TPSA) is 40.5 Å². The van der Waals surface area contributed by atoms with Crippen molar-refractivity contribution < 1.29 is 14.3 Å².